The summed E-state index contributed by atoms with van der Waals surface area (Å²) < 4.78 is 1.94. The molecule has 1 spiro atoms. The van der Waals surface area contributed by atoms with Gasteiger partial charge in [-0.1, -0.05) is 30.3 Å². The monoisotopic (exact) mass is 360 g/mol. The molecule has 1 amide bonds. The number of benzene rings is 1. The molecule has 2 aliphatic heterocycles. The number of aromatic nitrogens is 2. The third kappa shape index (κ3) is 2.92. The number of aryl methyl sites for hydroxylation is 1. The molecule has 3 aromatic rings. The molecule has 2 aromatic heterocycles. The second-order valence-electron chi connectivity index (χ2n) is 7.97. The van der Waals surface area contributed by atoms with E-state index in [2.05, 4.69) is 34.6 Å². The van der Waals surface area contributed by atoms with Crippen molar-refractivity contribution in [2.45, 2.75) is 38.3 Å². The van der Waals surface area contributed by atoms with Crippen molar-refractivity contribution in [1.29, 1.82) is 0 Å². The van der Waals surface area contributed by atoms with Gasteiger partial charge in [-0.25, -0.2) is 4.98 Å². The lowest BCUT2D eigenvalue weighted by Gasteiger charge is -2.45. The summed E-state index contributed by atoms with van der Waals surface area (Å²) in [6, 6.07) is 12.7. The molecule has 1 fully saturated rings. The highest BCUT2D eigenvalue weighted by Gasteiger charge is 2.38. The number of nitrogens with zero attached hydrogens (tertiary/aromatic N) is 3. The first-order valence-corrected chi connectivity index (χ1v) is 9.68. The number of carbonyl (C=O) groups excluding carboxylic acids is 1. The van der Waals surface area contributed by atoms with Gasteiger partial charge in [-0.15, -0.1) is 0 Å². The summed E-state index contributed by atoms with van der Waals surface area (Å²) in [7, 11) is 0. The minimum atomic E-state index is 0.0439. The van der Waals surface area contributed by atoms with E-state index in [1.54, 1.807) is 0 Å². The molecule has 5 nitrogen and oxygen atoms in total. The summed E-state index contributed by atoms with van der Waals surface area (Å²) in [4.78, 5) is 19.4. The average molecular weight is 360 g/mol. The third-order valence-corrected chi connectivity index (χ3v) is 6.13. The predicted molar refractivity (Wildman–Crippen MR) is 105 cm³/mol. The molecule has 1 N–H and O–H groups in total. The average Bonchev–Trinajstić information content (AvgIpc) is 3.11. The van der Waals surface area contributed by atoms with Crippen LogP contribution in [-0.2, 0) is 13.0 Å². The molecule has 4 heterocycles. The number of carbonyl (C=O) groups is 1. The maximum atomic E-state index is 13.0. The van der Waals surface area contributed by atoms with E-state index in [4.69, 9.17) is 0 Å². The van der Waals surface area contributed by atoms with Gasteiger partial charge in [-0.05, 0) is 48.9 Å². The third-order valence-electron chi connectivity index (χ3n) is 6.13. The van der Waals surface area contributed by atoms with E-state index in [0.717, 1.165) is 50.1 Å². The quantitative estimate of drug-likeness (QED) is 0.726. The van der Waals surface area contributed by atoms with Gasteiger partial charge in [0.25, 0.3) is 5.91 Å². The van der Waals surface area contributed by atoms with Gasteiger partial charge in [-0.3, -0.25) is 4.79 Å². The number of pyridine rings is 1. The van der Waals surface area contributed by atoms with Crippen molar-refractivity contribution in [3.05, 3.63) is 71.2 Å². The molecule has 5 rings (SSSR count). The van der Waals surface area contributed by atoms with Crippen molar-refractivity contribution >= 4 is 11.6 Å². The summed E-state index contributed by atoms with van der Waals surface area (Å²) >= 11 is 0. The maximum Gasteiger partial charge on any atom is 0.274 e. The van der Waals surface area contributed by atoms with Crippen LogP contribution in [0.5, 0.6) is 0 Å². The van der Waals surface area contributed by atoms with Gasteiger partial charge < -0.3 is 14.6 Å². The van der Waals surface area contributed by atoms with E-state index in [9.17, 15) is 4.79 Å². The zero-order valence-electron chi connectivity index (χ0n) is 15.6. The summed E-state index contributed by atoms with van der Waals surface area (Å²) in [6.45, 7) is 4.53. The highest BCUT2D eigenvalue weighted by molar-refractivity contribution is 5.93. The SMILES string of the molecule is Cc1ccc2nc(C(=O)N3CCC4(CC3)Cc3ccccc3CN4)cn2c1. The predicted octanol–water partition coefficient (Wildman–Crippen LogP) is 2.96. The van der Waals surface area contributed by atoms with Crippen molar-refractivity contribution in [3.8, 4) is 0 Å². The summed E-state index contributed by atoms with van der Waals surface area (Å²) in [5.41, 5.74) is 5.50. The molecule has 1 aromatic carbocycles. The molecule has 1 saturated heterocycles. The van der Waals surface area contributed by atoms with Crippen LogP contribution in [0.4, 0.5) is 0 Å². The van der Waals surface area contributed by atoms with Gasteiger partial charge in [0.05, 0.1) is 0 Å². The van der Waals surface area contributed by atoms with Crippen molar-refractivity contribution in [1.82, 2.24) is 19.6 Å². The fraction of sp³-hybridized carbons (Fsp3) is 0.364. The normalized spacial score (nSPS) is 18.6. The van der Waals surface area contributed by atoms with E-state index in [-0.39, 0.29) is 11.4 Å². The fourth-order valence-corrected chi connectivity index (χ4v) is 4.47. The van der Waals surface area contributed by atoms with Crippen molar-refractivity contribution in [2.75, 3.05) is 13.1 Å². The van der Waals surface area contributed by atoms with Gasteiger partial charge >= 0.3 is 0 Å². The van der Waals surface area contributed by atoms with Crippen molar-refractivity contribution < 1.29 is 4.79 Å². The number of amides is 1. The van der Waals surface area contributed by atoms with Crippen LogP contribution in [0.25, 0.3) is 5.65 Å². The van der Waals surface area contributed by atoms with E-state index >= 15 is 0 Å². The van der Waals surface area contributed by atoms with Gasteiger partial charge in [0.15, 0.2) is 0 Å². The number of nitrogens with one attached hydrogen (secondary N) is 1. The Kier molecular flexibility index (Phi) is 3.79. The van der Waals surface area contributed by atoms with Crippen molar-refractivity contribution in [3.63, 3.8) is 0 Å². The molecule has 5 heteroatoms. The zero-order valence-corrected chi connectivity index (χ0v) is 15.6. The highest BCUT2D eigenvalue weighted by atomic mass is 16.2. The molecule has 0 unspecified atom stereocenters. The van der Waals surface area contributed by atoms with Crippen LogP contribution in [0.3, 0.4) is 0 Å². The summed E-state index contributed by atoms with van der Waals surface area (Å²) in [6.07, 6.45) is 6.88. The Bertz CT molecular complexity index is 1010. The smallest absolute Gasteiger partial charge is 0.274 e. The topological polar surface area (TPSA) is 49.6 Å². The zero-order chi connectivity index (χ0) is 18.4. The Morgan fingerprint density at radius 1 is 1.07 bits per heavy atom. The molecule has 0 radical (unpaired) electrons. The maximum absolute atomic E-state index is 13.0. The molecule has 27 heavy (non-hydrogen) atoms. The molecule has 2 aliphatic rings. The van der Waals surface area contributed by atoms with Crippen LogP contribution in [0.15, 0.2) is 48.8 Å². The molecule has 0 saturated carbocycles. The molecule has 0 aliphatic carbocycles. The van der Waals surface area contributed by atoms with Gasteiger partial charge in [-0.2, -0.15) is 0 Å². The summed E-state index contributed by atoms with van der Waals surface area (Å²) in [5, 5.41) is 3.76. The van der Waals surface area contributed by atoms with E-state index in [1.165, 1.54) is 11.1 Å². The number of hydrogen-bond acceptors (Lipinski definition) is 3. The minimum absolute atomic E-state index is 0.0439. The van der Waals surface area contributed by atoms with Crippen LogP contribution < -0.4 is 5.32 Å². The lowest BCUT2D eigenvalue weighted by molar-refractivity contribution is 0.0626. The first-order chi connectivity index (χ1) is 13.1. The Labute approximate surface area is 159 Å². The van der Waals surface area contributed by atoms with Crippen LogP contribution in [0.2, 0.25) is 0 Å². The lowest BCUT2D eigenvalue weighted by Crippen LogP contribution is -2.57. The standard InChI is InChI=1S/C22H24N4O/c1-16-6-7-20-24-19(15-26(20)14-16)21(27)25-10-8-22(9-11-25)12-17-4-2-3-5-18(17)13-23-22/h2-7,14-15,23H,8-13H2,1H3. The van der Waals surface area contributed by atoms with Crippen molar-refractivity contribution in [2.24, 2.45) is 0 Å². The number of rotatable bonds is 1. The number of hydrogen-bond donors (Lipinski definition) is 1. The fourth-order valence-electron chi connectivity index (χ4n) is 4.47. The Hall–Kier alpha value is -2.66. The van der Waals surface area contributed by atoms with E-state index in [0.29, 0.717) is 5.69 Å². The number of likely N-dealkylation sites (tertiary alicyclic amines) is 1. The van der Waals surface area contributed by atoms with E-state index in [1.807, 2.05) is 40.8 Å². The van der Waals surface area contributed by atoms with Crippen LogP contribution >= 0.6 is 0 Å². The molecular formula is C22H24N4O. The molecule has 0 atom stereocenters. The highest BCUT2D eigenvalue weighted by Crippen LogP contribution is 2.32. The van der Waals surface area contributed by atoms with Crippen LogP contribution in [0, 0.1) is 6.92 Å². The van der Waals surface area contributed by atoms with Gasteiger partial charge in [0.1, 0.15) is 11.3 Å². The van der Waals surface area contributed by atoms with Gasteiger partial charge in [0.2, 0.25) is 0 Å². The van der Waals surface area contributed by atoms with E-state index < -0.39 is 0 Å². The second kappa shape index (κ2) is 6.20. The molecule has 138 valence electrons. The van der Waals surface area contributed by atoms with Crippen LogP contribution in [0.1, 0.15) is 40.0 Å². The summed E-state index contributed by atoms with van der Waals surface area (Å²) in [5.74, 6) is 0.0439. The molecular weight excluding hydrogens is 336 g/mol. The number of piperidine rings is 1. The Balaban J connectivity index is 1.30. The van der Waals surface area contributed by atoms with Crippen LogP contribution in [-0.4, -0.2) is 38.8 Å². The second-order valence-corrected chi connectivity index (χ2v) is 7.97. The lowest BCUT2D eigenvalue weighted by atomic mass is 9.78. The first-order valence-electron chi connectivity index (χ1n) is 9.68. The first kappa shape index (κ1) is 16.5. The molecule has 0 bridgehead atoms. The van der Waals surface area contributed by atoms with Gasteiger partial charge in [0, 0.05) is 37.6 Å². The largest absolute Gasteiger partial charge is 0.337 e. The number of imidazole rings is 1. The Morgan fingerprint density at radius 3 is 2.67 bits per heavy atom. The minimum Gasteiger partial charge on any atom is -0.337 e. The number of fused-ring (bicyclic) bond motifs is 2. The Morgan fingerprint density at radius 2 is 1.85 bits per heavy atom.